The molecule has 0 aliphatic heterocycles. The Labute approximate surface area is 377 Å². The van der Waals surface area contributed by atoms with Crippen LogP contribution in [0.5, 0.6) is 0 Å². The van der Waals surface area contributed by atoms with Crippen LogP contribution in [0.4, 0.5) is 4.79 Å². The molecule has 0 aliphatic rings. The SMILES string of the molecule is O=C(O)CC[C@H](NC(=O)N[C@@H](CCC(=O)N[C@@H](CCCCN(Cc1nccn1CC(=O)N(CC(=O)O)CC(=O)O)Cc1nccn1CC(=O)N(CC(=O)O)CC(=O)O)C(=O)O)C(=O)O)C(=O)O. The predicted molar refractivity (Wildman–Crippen MR) is 216 cm³/mol. The average Bonchev–Trinajstić information content (AvgIpc) is 3.85. The molecule has 2 rings (SSSR count). The molecule has 0 spiro atoms. The Morgan fingerprint density at radius 3 is 1.27 bits per heavy atom. The molecule has 2 aromatic heterocycles. The summed E-state index contributed by atoms with van der Waals surface area (Å²) in [7, 11) is 0. The molecule has 0 unspecified atom stereocenters. The summed E-state index contributed by atoms with van der Waals surface area (Å²) >= 11 is 0. The van der Waals surface area contributed by atoms with Gasteiger partial charge in [0.05, 0.1) is 13.1 Å². The van der Waals surface area contributed by atoms with Gasteiger partial charge in [-0.2, -0.15) is 0 Å². The van der Waals surface area contributed by atoms with Gasteiger partial charge in [-0.25, -0.2) is 29.1 Å². The second-order valence-electron chi connectivity index (χ2n) is 14.6. The summed E-state index contributed by atoms with van der Waals surface area (Å²) in [6.07, 6.45) is 3.15. The van der Waals surface area contributed by atoms with E-state index in [-0.39, 0.29) is 50.5 Å². The zero-order valence-electron chi connectivity index (χ0n) is 35.5. The van der Waals surface area contributed by atoms with E-state index in [1.165, 1.54) is 33.9 Å². The van der Waals surface area contributed by atoms with Gasteiger partial charge in [0.15, 0.2) is 0 Å². The Bertz CT molecular complexity index is 2020. The smallest absolute Gasteiger partial charge is 0.326 e. The van der Waals surface area contributed by atoms with Gasteiger partial charge in [-0.15, -0.1) is 0 Å². The van der Waals surface area contributed by atoms with Crippen LogP contribution in [-0.4, -0.2) is 197 Å². The number of carboxylic acids is 8. The van der Waals surface area contributed by atoms with Crippen LogP contribution in [0, 0.1) is 0 Å². The molecule has 0 saturated heterocycles. The van der Waals surface area contributed by atoms with Gasteiger partial charge in [-0.1, -0.05) is 0 Å². The highest BCUT2D eigenvalue weighted by molar-refractivity contribution is 5.88. The third-order valence-corrected chi connectivity index (χ3v) is 9.32. The molecular formula is C37H50N10O20. The lowest BCUT2D eigenvalue weighted by atomic mass is 10.1. The predicted octanol–water partition coefficient (Wildman–Crippen LogP) is -3.33. The Morgan fingerprint density at radius 1 is 0.507 bits per heavy atom. The molecule has 368 valence electrons. The summed E-state index contributed by atoms with van der Waals surface area (Å²) in [4.78, 5) is 154. The molecule has 0 radical (unpaired) electrons. The van der Waals surface area contributed by atoms with Crippen molar-refractivity contribution < 1.29 is 98.4 Å². The molecule has 11 N–H and O–H groups in total. The van der Waals surface area contributed by atoms with Crippen molar-refractivity contribution in [3.8, 4) is 0 Å². The van der Waals surface area contributed by atoms with Crippen LogP contribution in [0.2, 0.25) is 0 Å². The quantitative estimate of drug-likeness (QED) is 0.0312. The van der Waals surface area contributed by atoms with E-state index in [4.69, 9.17) is 5.11 Å². The highest BCUT2D eigenvalue weighted by Gasteiger charge is 2.28. The lowest BCUT2D eigenvalue weighted by Crippen LogP contribution is -2.51. The molecule has 5 amide bonds. The fraction of sp³-hybridized carbons (Fsp3) is 0.514. The number of aliphatic carboxylic acids is 8. The fourth-order valence-electron chi connectivity index (χ4n) is 6.12. The van der Waals surface area contributed by atoms with Gasteiger partial charge in [0, 0.05) is 37.6 Å². The number of hydrogen-bond acceptors (Lipinski definition) is 15. The number of carbonyl (C=O) groups excluding carboxylic acids is 4. The molecule has 0 aliphatic carbocycles. The number of unbranched alkanes of at least 4 members (excludes halogenated alkanes) is 1. The van der Waals surface area contributed by atoms with Gasteiger partial charge in [0.1, 0.15) is 69.0 Å². The van der Waals surface area contributed by atoms with Gasteiger partial charge < -0.3 is 75.7 Å². The van der Waals surface area contributed by atoms with Crippen LogP contribution in [0.3, 0.4) is 0 Å². The third kappa shape index (κ3) is 20.9. The van der Waals surface area contributed by atoms with Crippen molar-refractivity contribution in [2.45, 2.75) is 89.3 Å². The second-order valence-corrected chi connectivity index (χ2v) is 14.6. The van der Waals surface area contributed by atoms with E-state index in [0.29, 0.717) is 9.80 Å². The van der Waals surface area contributed by atoms with Crippen molar-refractivity contribution in [3.05, 3.63) is 36.4 Å². The van der Waals surface area contributed by atoms with Crippen molar-refractivity contribution in [2.24, 2.45) is 0 Å². The van der Waals surface area contributed by atoms with E-state index in [1.54, 1.807) is 4.90 Å². The minimum Gasteiger partial charge on any atom is -0.481 e. The molecular weight excluding hydrogens is 904 g/mol. The molecule has 0 aromatic carbocycles. The van der Waals surface area contributed by atoms with Crippen molar-refractivity contribution >= 4 is 71.5 Å². The molecule has 30 nitrogen and oxygen atoms in total. The van der Waals surface area contributed by atoms with Gasteiger partial charge >= 0.3 is 53.8 Å². The Morgan fingerprint density at radius 2 is 0.896 bits per heavy atom. The minimum atomic E-state index is -1.75. The first-order valence-electron chi connectivity index (χ1n) is 19.9. The number of aromatic nitrogens is 4. The number of carboxylic acid groups (broad SMARTS) is 8. The summed E-state index contributed by atoms with van der Waals surface area (Å²) in [5, 5.41) is 80.4. The van der Waals surface area contributed by atoms with Gasteiger partial charge in [0.25, 0.3) is 0 Å². The van der Waals surface area contributed by atoms with E-state index in [2.05, 4.69) is 15.3 Å². The molecule has 2 heterocycles. The maximum absolute atomic E-state index is 13.0. The number of imidazole rings is 2. The number of hydrogen-bond donors (Lipinski definition) is 11. The Hall–Kier alpha value is -8.18. The summed E-state index contributed by atoms with van der Waals surface area (Å²) < 4.78 is 2.64. The van der Waals surface area contributed by atoms with Gasteiger partial charge in [-0.3, -0.25) is 43.3 Å². The monoisotopic (exact) mass is 954 g/mol. The van der Waals surface area contributed by atoms with Gasteiger partial charge in [-0.05, 0) is 38.6 Å². The lowest BCUT2D eigenvalue weighted by molar-refractivity contribution is -0.150. The summed E-state index contributed by atoms with van der Waals surface area (Å²) in [6, 6.07) is -6.22. The molecule has 0 bridgehead atoms. The van der Waals surface area contributed by atoms with E-state index < -0.39 is 155 Å². The number of nitrogens with zero attached hydrogens (tertiary/aromatic N) is 7. The third-order valence-electron chi connectivity index (χ3n) is 9.32. The first-order chi connectivity index (χ1) is 31.4. The van der Waals surface area contributed by atoms with Crippen LogP contribution in [0.15, 0.2) is 24.8 Å². The topological polar surface area (TPSA) is 448 Å². The number of carbonyl (C=O) groups is 12. The number of nitrogens with one attached hydrogen (secondary N) is 3. The van der Waals surface area contributed by atoms with Crippen LogP contribution < -0.4 is 16.0 Å². The molecule has 0 fully saturated rings. The molecule has 2 aromatic rings. The van der Waals surface area contributed by atoms with Crippen molar-refractivity contribution in [1.82, 2.24) is 49.8 Å². The van der Waals surface area contributed by atoms with Crippen molar-refractivity contribution in [1.29, 1.82) is 0 Å². The Kier molecular flexibility index (Phi) is 22.3. The minimum absolute atomic E-state index is 0.0989. The molecule has 3 atom stereocenters. The molecule has 67 heavy (non-hydrogen) atoms. The largest absolute Gasteiger partial charge is 0.481 e. The van der Waals surface area contributed by atoms with E-state index in [9.17, 15) is 93.3 Å². The van der Waals surface area contributed by atoms with Gasteiger partial charge in [0.2, 0.25) is 17.7 Å². The highest BCUT2D eigenvalue weighted by Crippen LogP contribution is 2.14. The van der Waals surface area contributed by atoms with Crippen molar-refractivity contribution in [3.63, 3.8) is 0 Å². The molecule has 0 saturated carbocycles. The van der Waals surface area contributed by atoms with Crippen LogP contribution in [0.25, 0.3) is 0 Å². The number of amides is 5. The number of rotatable bonds is 33. The first-order valence-corrected chi connectivity index (χ1v) is 19.9. The second kappa shape index (κ2) is 27.2. The van der Waals surface area contributed by atoms with E-state index in [0.717, 1.165) is 0 Å². The van der Waals surface area contributed by atoms with E-state index in [1.807, 2.05) is 10.6 Å². The Balaban J connectivity index is 2.22. The zero-order valence-corrected chi connectivity index (χ0v) is 35.5. The first kappa shape index (κ1) is 55.0. The highest BCUT2D eigenvalue weighted by atomic mass is 16.4. The summed E-state index contributed by atoms with van der Waals surface area (Å²) in [6.45, 7) is -4.82. The lowest BCUT2D eigenvalue weighted by Gasteiger charge is -2.24. The van der Waals surface area contributed by atoms with Crippen LogP contribution >= 0.6 is 0 Å². The summed E-state index contributed by atoms with van der Waals surface area (Å²) in [5.74, 6) is -14.2. The standard InChI is InChI=1S/C37H50N10O20/c48-26(6-4-22(35(63)64)41-37(67)42-23(36(65)66)5-7-29(51)52)40-21(34(61)62)3-1-2-10-43(13-24-38-8-11-44(24)15-27(49)46(17-30(53)54)18-31(55)56)14-25-39-9-12-45(25)16-28(50)47(19-32(57)58)20-33(59)60/h8-9,11-12,21-23H,1-7,10,13-20H2,(H,40,48)(H,51,52)(H,53,54)(H,55,56)(H,57,58)(H,59,60)(H,61,62)(H,63,64)(H,65,66)(H2,41,42,67)/t21-,22-,23-/m0/s1. The summed E-state index contributed by atoms with van der Waals surface area (Å²) in [5.41, 5.74) is 0. The zero-order chi connectivity index (χ0) is 50.4. The van der Waals surface area contributed by atoms with E-state index >= 15 is 0 Å². The normalized spacial score (nSPS) is 12.2. The number of urea groups is 1. The maximum atomic E-state index is 13.0. The fourth-order valence-corrected chi connectivity index (χ4v) is 6.12. The molecule has 30 heteroatoms. The maximum Gasteiger partial charge on any atom is 0.326 e. The van der Waals surface area contributed by atoms with Crippen LogP contribution in [-0.2, 0) is 78.9 Å². The van der Waals surface area contributed by atoms with Crippen LogP contribution in [0.1, 0.15) is 56.6 Å². The van der Waals surface area contributed by atoms with Crippen molar-refractivity contribution in [2.75, 3.05) is 32.7 Å². The average molecular weight is 955 g/mol.